The molecule has 0 saturated carbocycles. The van der Waals surface area contributed by atoms with Crippen molar-refractivity contribution in [3.63, 3.8) is 0 Å². The lowest BCUT2D eigenvalue weighted by Gasteiger charge is -2.06. The SMILES string of the molecule is C=CCCCCCCCC(=O)On1c(O)ccc1O. The van der Waals surface area contributed by atoms with Gasteiger partial charge in [0, 0.05) is 18.6 Å². The normalized spacial score (nSPS) is 10.3. The number of unbranched alkanes of at least 4 members (excludes halogenated alkanes) is 5. The number of aromatic nitrogens is 1. The predicted molar refractivity (Wildman–Crippen MR) is 71.9 cm³/mol. The molecule has 1 aromatic heterocycles. The van der Waals surface area contributed by atoms with Crippen LogP contribution in [0.25, 0.3) is 0 Å². The van der Waals surface area contributed by atoms with E-state index in [1.807, 2.05) is 6.08 Å². The standard InChI is InChI=1S/C14H21NO4/c1-2-3-4-5-6-7-8-9-14(18)19-15-12(16)10-11-13(15)17/h2,10-11,16-17H,1,3-9H2. The summed E-state index contributed by atoms with van der Waals surface area (Å²) < 4.78 is 0.715. The van der Waals surface area contributed by atoms with Crippen molar-refractivity contribution in [1.82, 2.24) is 4.73 Å². The molecule has 0 aliphatic rings. The molecule has 1 rings (SSSR count). The van der Waals surface area contributed by atoms with Crippen LogP contribution in [0.2, 0.25) is 0 Å². The second-order valence-corrected chi connectivity index (χ2v) is 4.40. The van der Waals surface area contributed by atoms with Gasteiger partial charge in [0.2, 0.25) is 11.8 Å². The van der Waals surface area contributed by atoms with Gasteiger partial charge in [0.05, 0.1) is 0 Å². The summed E-state index contributed by atoms with van der Waals surface area (Å²) in [6.45, 7) is 3.66. The summed E-state index contributed by atoms with van der Waals surface area (Å²) in [7, 11) is 0. The van der Waals surface area contributed by atoms with Gasteiger partial charge in [-0.05, 0) is 19.3 Å². The van der Waals surface area contributed by atoms with Crippen molar-refractivity contribution in [1.29, 1.82) is 0 Å². The predicted octanol–water partition coefficient (Wildman–Crippen LogP) is 2.77. The molecular weight excluding hydrogens is 246 g/mol. The highest BCUT2D eigenvalue weighted by Crippen LogP contribution is 2.19. The first-order valence-corrected chi connectivity index (χ1v) is 6.57. The molecule has 0 aliphatic carbocycles. The number of rotatable bonds is 9. The summed E-state index contributed by atoms with van der Waals surface area (Å²) in [4.78, 5) is 16.3. The van der Waals surface area contributed by atoms with Crippen molar-refractivity contribution in [3.05, 3.63) is 24.8 Å². The zero-order valence-electron chi connectivity index (χ0n) is 11.0. The largest absolute Gasteiger partial charge is 0.492 e. The maximum Gasteiger partial charge on any atom is 0.333 e. The van der Waals surface area contributed by atoms with Crippen LogP contribution < -0.4 is 4.84 Å². The summed E-state index contributed by atoms with van der Waals surface area (Å²) in [6.07, 6.45) is 8.30. The molecule has 0 amide bonds. The highest BCUT2D eigenvalue weighted by atomic mass is 16.7. The van der Waals surface area contributed by atoms with E-state index < -0.39 is 5.97 Å². The first-order chi connectivity index (χ1) is 9.15. The van der Waals surface area contributed by atoms with Crippen LogP contribution in [0.5, 0.6) is 11.8 Å². The maximum absolute atomic E-state index is 11.5. The molecule has 106 valence electrons. The molecule has 0 fully saturated rings. The van der Waals surface area contributed by atoms with Gasteiger partial charge in [-0.3, -0.25) is 0 Å². The van der Waals surface area contributed by atoms with E-state index in [4.69, 9.17) is 4.84 Å². The number of nitrogens with zero attached hydrogens (tertiary/aromatic N) is 1. The number of hydrogen-bond acceptors (Lipinski definition) is 4. The Bertz CT molecular complexity index is 392. The highest BCUT2D eigenvalue weighted by molar-refractivity contribution is 5.69. The van der Waals surface area contributed by atoms with E-state index >= 15 is 0 Å². The van der Waals surface area contributed by atoms with Crippen LogP contribution in [0.4, 0.5) is 0 Å². The fraction of sp³-hybridized carbons (Fsp3) is 0.500. The summed E-state index contributed by atoms with van der Waals surface area (Å²) >= 11 is 0. The van der Waals surface area contributed by atoms with Gasteiger partial charge in [0.15, 0.2) is 0 Å². The molecule has 0 bridgehead atoms. The van der Waals surface area contributed by atoms with Crippen LogP contribution in [-0.2, 0) is 4.79 Å². The Morgan fingerprint density at radius 3 is 2.37 bits per heavy atom. The molecule has 0 saturated heterocycles. The van der Waals surface area contributed by atoms with Crippen molar-refractivity contribution in [3.8, 4) is 11.8 Å². The van der Waals surface area contributed by atoms with E-state index in [9.17, 15) is 15.0 Å². The minimum Gasteiger partial charge on any atom is -0.492 e. The van der Waals surface area contributed by atoms with Gasteiger partial charge >= 0.3 is 5.97 Å². The van der Waals surface area contributed by atoms with Gasteiger partial charge in [-0.1, -0.05) is 25.3 Å². The Morgan fingerprint density at radius 2 is 1.74 bits per heavy atom. The third-order valence-corrected chi connectivity index (χ3v) is 2.78. The van der Waals surface area contributed by atoms with Gasteiger partial charge in [0.25, 0.3) is 0 Å². The van der Waals surface area contributed by atoms with Crippen LogP contribution in [-0.4, -0.2) is 20.9 Å². The van der Waals surface area contributed by atoms with E-state index in [0.717, 1.165) is 38.5 Å². The molecule has 0 atom stereocenters. The lowest BCUT2D eigenvalue weighted by molar-refractivity contribution is -0.145. The smallest absolute Gasteiger partial charge is 0.333 e. The van der Waals surface area contributed by atoms with Crippen LogP contribution >= 0.6 is 0 Å². The monoisotopic (exact) mass is 267 g/mol. The molecule has 0 aliphatic heterocycles. The molecular formula is C14H21NO4. The third kappa shape index (κ3) is 5.50. The van der Waals surface area contributed by atoms with E-state index in [1.54, 1.807) is 0 Å². The Hall–Kier alpha value is -1.91. The van der Waals surface area contributed by atoms with Crippen molar-refractivity contribution < 1.29 is 19.8 Å². The highest BCUT2D eigenvalue weighted by Gasteiger charge is 2.11. The fourth-order valence-corrected chi connectivity index (χ4v) is 1.73. The molecule has 2 N–H and O–H groups in total. The first kappa shape index (κ1) is 15.1. The van der Waals surface area contributed by atoms with Gasteiger partial charge in [0.1, 0.15) is 0 Å². The molecule has 19 heavy (non-hydrogen) atoms. The topological polar surface area (TPSA) is 71.7 Å². The molecule has 5 heteroatoms. The number of carbonyl (C=O) groups excluding carboxylic acids is 1. The first-order valence-electron chi connectivity index (χ1n) is 6.57. The van der Waals surface area contributed by atoms with E-state index in [2.05, 4.69) is 6.58 Å². The Morgan fingerprint density at radius 1 is 1.16 bits per heavy atom. The van der Waals surface area contributed by atoms with Crippen molar-refractivity contribution in [2.24, 2.45) is 0 Å². The number of hydrogen-bond donors (Lipinski definition) is 2. The summed E-state index contributed by atoms with van der Waals surface area (Å²) in [5.74, 6) is -1.06. The fourth-order valence-electron chi connectivity index (χ4n) is 1.73. The van der Waals surface area contributed by atoms with Crippen molar-refractivity contribution in [2.45, 2.75) is 44.9 Å². The Balaban J connectivity index is 2.13. The number of allylic oxidation sites excluding steroid dienone is 1. The lowest BCUT2D eigenvalue weighted by atomic mass is 10.1. The van der Waals surface area contributed by atoms with E-state index in [1.165, 1.54) is 12.1 Å². The average Bonchev–Trinajstić information content (AvgIpc) is 2.69. The van der Waals surface area contributed by atoms with E-state index in [-0.39, 0.29) is 18.2 Å². The second kappa shape index (κ2) is 8.24. The van der Waals surface area contributed by atoms with E-state index in [0.29, 0.717) is 4.73 Å². The van der Waals surface area contributed by atoms with Crippen molar-refractivity contribution in [2.75, 3.05) is 0 Å². The lowest BCUT2D eigenvalue weighted by Crippen LogP contribution is -2.18. The molecule has 0 spiro atoms. The van der Waals surface area contributed by atoms with Crippen LogP contribution in [0.3, 0.4) is 0 Å². The molecule has 0 unspecified atom stereocenters. The Labute approximate surface area is 113 Å². The van der Waals surface area contributed by atoms with Gasteiger partial charge in [-0.15, -0.1) is 11.3 Å². The molecule has 0 radical (unpaired) electrons. The zero-order chi connectivity index (χ0) is 14.1. The van der Waals surface area contributed by atoms with Crippen LogP contribution in [0, 0.1) is 0 Å². The average molecular weight is 267 g/mol. The quantitative estimate of drug-likeness (QED) is 0.533. The number of aromatic hydroxyl groups is 2. The van der Waals surface area contributed by atoms with Gasteiger partial charge < -0.3 is 15.1 Å². The van der Waals surface area contributed by atoms with Gasteiger partial charge in [-0.25, -0.2) is 4.79 Å². The maximum atomic E-state index is 11.5. The molecule has 0 aromatic carbocycles. The van der Waals surface area contributed by atoms with Crippen molar-refractivity contribution >= 4 is 5.97 Å². The summed E-state index contributed by atoms with van der Waals surface area (Å²) in [5.41, 5.74) is 0. The van der Waals surface area contributed by atoms with Crippen LogP contribution in [0.15, 0.2) is 24.8 Å². The summed E-state index contributed by atoms with van der Waals surface area (Å²) in [6, 6.07) is 2.50. The minimum absolute atomic E-state index is 0.276. The second-order valence-electron chi connectivity index (χ2n) is 4.40. The molecule has 5 nitrogen and oxygen atoms in total. The minimum atomic E-state index is -0.465. The van der Waals surface area contributed by atoms with Crippen LogP contribution in [0.1, 0.15) is 44.9 Å². The zero-order valence-corrected chi connectivity index (χ0v) is 11.0. The molecule has 1 heterocycles. The molecule has 1 aromatic rings. The Kier molecular flexibility index (Phi) is 6.57. The summed E-state index contributed by atoms with van der Waals surface area (Å²) in [5, 5.41) is 18.6. The third-order valence-electron chi connectivity index (χ3n) is 2.78. The van der Waals surface area contributed by atoms with Gasteiger partial charge in [-0.2, -0.15) is 0 Å². The number of carbonyl (C=O) groups is 1.